The second-order valence-electron chi connectivity index (χ2n) is 3.88. The molecule has 0 atom stereocenters. The second kappa shape index (κ2) is 3.76. The highest BCUT2D eigenvalue weighted by Crippen LogP contribution is 2.47. The minimum Gasteiger partial charge on any atom is -0.316 e. The van der Waals surface area contributed by atoms with Gasteiger partial charge in [-0.3, -0.25) is 0 Å². The Kier molecular flexibility index (Phi) is 2.65. The van der Waals surface area contributed by atoms with E-state index in [0.29, 0.717) is 5.41 Å². The van der Waals surface area contributed by atoms with Gasteiger partial charge in [0.1, 0.15) is 0 Å². The van der Waals surface area contributed by atoms with Crippen molar-refractivity contribution in [2.45, 2.75) is 26.2 Å². The van der Waals surface area contributed by atoms with Gasteiger partial charge in [-0.1, -0.05) is 6.92 Å². The van der Waals surface area contributed by atoms with Gasteiger partial charge in [0.05, 0.1) is 5.01 Å². The maximum atomic E-state index is 4.34. The molecule has 1 saturated carbocycles. The highest BCUT2D eigenvalue weighted by Gasteiger charge is 2.42. The van der Waals surface area contributed by atoms with E-state index in [1.165, 1.54) is 30.8 Å². The van der Waals surface area contributed by atoms with E-state index in [4.69, 9.17) is 0 Å². The number of rotatable bonds is 5. The van der Waals surface area contributed by atoms with Gasteiger partial charge in [0, 0.05) is 24.5 Å². The zero-order valence-electron chi connectivity index (χ0n) is 8.05. The summed E-state index contributed by atoms with van der Waals surface area (Å²) in [7, 11) is 0. The van der Waals surface area contributed by atoms with Crippen LogP contribution in [0.15, 0.2) is 11.6 Å². The van der Waals surface area contributed by atoms with E-state index >= 15 is 0 Å². The molecular formula is C10H16N2S. The molecule has 1 heterocycles. The molecule has 1 aromatic rings. The number of hydrogen-bond acceptors (Lipinski definition) is 3. The number of hydrogen-bond donors (Lipinski definition) is 1. The smallest absolute Gasteiger partial charge is 0.0930 e. The third-order valence-electron chi connectivity index (χ3n) is 2.72. The topological polar surface area (TPSA) is 24.9 Å². The van der Waals surface area contributed by atoms with E-state index in [0.717, 1.165) is 6.54 Å². The summed E-state index contributed by atoms with van der Waals surface area (Å²) in [5, 5.41) is 6.81. The van der Waals surface area contributed by atoms with Crippen molar-refractivity contribution in [2.24, 2.45) is 5.41 Å². The first-order chi connectivity index (χ1) is 6.35. The van der Waals surface area contributed by atoms with E-state index in [1.807, 2.05) is 6.20 Å². The van der Waals surface area contributed by atoms with Crippen molar-refractivity contribution in [3.05, 3.63) is 16.6 Å². The van der Waals surface area contributed by atoms with Gasteiger partial charge in [-0.2, -0.15) is 0 Å². The van der Waals surface area contributed by atoms with Crippen LogP contribution >= 0.6 is 11.3 Å². The minimum absolute atomic E-state index is 0.563. The molecule has 2 rings (SSSR count). The fourth-order valence-corrected chi connectivity index (χ4v) is 2.43. The number of aromatic nitrogens is 1. The first-order valence-electron chi connectivity index (χ1n) is 4.94. The summed E-state index contributed by atoms with van der Waals surface area (Å²) >= 11 is 1.78. The Morgan fingerprint density at radius 1 is 1.62 bits per heavy atom. The Hall–Kier alpha value is -0.410. The molecule has 13 heavy (non-hydrogen) atoms. The lowest BCUT2D eigenvalue weighted by Gasteiger charge is -2.13. The predicted octanol–water partition coefficient (Wildman–Crippen LogP) is 2.08. The van der Waals surface area contributed by atoms with Crippen LogP contribution in [0, 0.1) is 5.41 Å². The quantitative estimate of drug-likeness (QED) is 0.780. The van der Waals surface area contributed by atoms with Crippen LogP contribution in [-0.2, 0) is 6.42 Å². The molecule has 1 fully saturated rings. The fraction of sp³-hybridized carbons (Fsp3) is 0.700. The van der Waals surface area contributed by atoms with Crippen LogP contribution in [0.25, 0.3) is 0 Å². The molecule has 0 spiro atoms. The molecule has 0 unspecified atom stereocenters. The van der Waals surface area contributed by atoms with Gasteiger partial charge >= 0.3 is 0 Å². The van der Waals surface area contributed by atoms with Crippen molar-refractivity contribution in [3.8, 4) is 0 Å². The fourth-order valence-electron chi connectivity index (χ4n) is 1.64. The molecule has 72 valence electrons. The van der Waals surface area contributed by atoms with Gasteiger partial charge in [-0.25, -0.2) is 4.98 Å². The van der Waals surface area contributed by atoms with Crippen molar-refractivity contribution in [3.63, 3.8) is 0 Å². The predicted molar refractivity (Wildman–Crippen MR) is 56.0 cm³/mol. The summed E-state index contributed by atoms with van der Waals surface area (Å²) in [4.78, 5) is 4.34. The second-order valence-corrected chi connectivity index (χ2v) is 4.86. The lowest BCUT2D eigenvalue weighted by atomic mass is 10.0. The molecule has 1 aliphatic carbocycles. The normalized spacial score (nSPS) is 18.8. The minimum atomic E-state index is 0.563. The van der Waals surface area contributed by atoms with Gasteiger partial charge in [-0.05, 0) is 24.8 Å². The van der Waals surface area contributed by atoms with Crippen molar-refractivity contribution in [2.75, 3.05) is 13.1 Å². The Labute approximate surface area is 83.4 Å². The van der Waals surface area contributed by atoms with Crippen LogP contribution < -0.4 is 5.32 Å². The lowest BCUT2D eigenvalue weighted by molar-refractivity contribution is 0.462. The molecule has 0 aromatic carbocycles. The first-order valence-corrected chi connectivity index (χ1v) is 5.82. The third kappa shape index (κ3) is 2.29. The van der Waals surface area contributed by atoms with Crippen LogP contribution in [-0.4, -0.2) is 18.1 Å². The molecule has 1 aliphatic rings. The highest BCUT2D eigenvalue weighted by molar-refractivity contribution is 7.09. The summed E-state index contributed by atoms with van der Waals surface area (Å²) in [6.45, 7) is 4.42. The van der Waals surface area contributed by atoms with E-state index in [-0.39, 0.29) is 0 Å². The van der Waals surface area contributed by atoms with E-state index in [2.05, 4.69) is 22.6 Å². The van der Waals surface area contributed by atoms with E-state index in [1.54, 1.807) is 11.3 Å². The largest absolute Gasteiger partial charge is 0.316 e. The summed E-state index contributed by atoms with van der Waals surface area (Å²) < 4.78 is 0. The van der Waals surface area contributed by atoms with Gasteiger partial charge < -0.3 is 5.32 Å². The van der Waals surface area contributed by atoms with Crippen molar-refractivity contribution < 1.29 is 0 Å². The molecule has 0 amide bonds. The molecule has 0 radical (unpaired) electrons. The molecular weight excluding hydrogens is 180 g/mol. The van der Waals surface area contributed by atoms with Gasteiger partial charge in [0.15, 0.2) is 0 Å². The maximum Gasteiger partial charge on any atom is 0.0930 e. The Morgan fingerprint density at radius 3 is 3.00 bits per heavy atom. The monoisotopic (exact) mass is 196 g/mol. The van der Waals surface area contributed by atoms with Gasteiger partial charge in [-0.15, -0.1) is 11.3 Å². The molecule has 0 saturated heterocycles. The molecule has 0 bridgehead atoms. The van der Waals surface area contributed by atoms with Crippen LogP contribution in [0.3, 0.4) is 0 Å². The molecule has 2 nitrogen and oxygen atoms in total. The standard InChI is InChI=1S/C10H16N2S/c1-2-11-8-10(3-4-10)7-9-12-5-6-13-9/h5-6,11H,2-4,7-8H2,1H3. The average Bonchev–Trinajstić information content (AvgIpc) is 2.69. The third-order valence-corrected chi connectivity index (χ3v) is 3.50. The van der Waals surface area contributed by atoms with Crippen LogP contribution in [0.5, 0.6) is 0 Å². The van der Waals surface area contributed by atoms with Crippen LogP contribution in [0.4, 0.5) is 0 Å². The molecule has 3 heteroatoms. The summed E-state index contributed by atoms with van der Waals surface area (Å²) in [5.41, 5.74) is 0.563. The molecule has 1 aromatic heterocycles. The first kappa shape index (κ1) is 9.16. The van der Waals surface area contributed by atoms with E-state index in [9.17, 15) is 0 Å². The molecule has 0 aliphatic heterocycles. The molecule has 1 N–H and O–H groups in total. The van der Waals surface area contributed by atoms with Gasteiger partial charge in [0.2, 0.25) is 0 Å². The number of nitrogens with one attached hydrogen (secondary N) is 1. The summed E-state index contributed by atoms with van der Waals surface area (Å²) in [6.07, 6.45) is 5.83. The summed E-state index contributed by atoms with van der Waals surface area (Å²) in [5.74, 6) is 0. The van der Waals surface area contributed by atoms with Crippen LogP contribution in [0.1, 0.15) is 24.8 Å². The lowest BCUT2D eigenvalue weighted by Crippen LogP contribution is -2.25. The number of nitrogens with zero attached hydrogens (tertiary/aromatic N) is 1. The van der Waals surface area contributed by atoms with Crippen LogP contribution in [0.2, 0.25) is 0 Å². The Bertz CT molecular complexity index is 252. The van der Waals surface area contributed by atoms with Gasteiger partial charge in [0.25, 0.3) is 0 Å². The maximum absolute atomic E-state index is 4.34. The SMILES string of the molecule is CCNCC1(Cc2nccs2)CC1. The highest BCUT2D eigenvalue weighted by atomic mass is 32.1. The zero-order chi connectivity index (χ0) is 9.15. The Balaban J connectivity index is 1.87. The van der Waals surface area contributed by atoms with Crippen molar-refractivity contribution in [1.29, 1.82) is 0 Å². The Morgan fingerprint density at radius 2 is 2.46 bits per heavy atom. The zero-order valence-corrected chi connectivity index (χ0v) is 8.86. The summed E-state index contributed by atoms with van der Waals surface area (Å²) in [6, 6.07) is 0. The van der Waals surface area contributed by atoms with Crippen molar-refractivity contribution in [1.82, 2.24) is 10.3 Å². The average molecular weight is 196 g/mol. The van der Waals surface area contributed by atoms with E-state index < -0.39 is 0 Å². The number of thiazole rings is 1. The van der Waals surface area contributed by atoms with Crippen molar-refractivity contribution >= 4 is 11.3 Å².